The first-order valence-electron chi connectivity index (χ1n) is 12.0. The van der Waals surface area contributed by atoms with Crippen LogP contribution in [-0.4, -0.2) is 24.0 Å². The summed E-state index contributed by atoms with van der Waals surface area (Å²) in [5.41, 5.74) is 3.27. The van der Waals surface area contributed by atoms with Crippen molar-refractivity contribution in [3.8, 4) is 11.1 Å². The number of aromatic nitrogens is 1. The van der Waals surface area contributed by atoms with Crippen LogP contribution in [0.3, 0.4) is 0 Å². The third kappa shape index (κ3) is 5.75. The van der Waals surface area contributed by atoms with Gasteiger partial charge in [0.2, 0.25) is 0 Å². The minimum absolute atomic E-state index is 0.0374. The molecule has 9 heteroatoms. The molecule has 38 heavy (non-hydrogen) atoms. The second kappa shape index (κ2) is 10.8. The van der Waals surface area contributed by atoms with Crippen LogP contribution >= 0.6 is 11.6 Å². The molecule has 0 atom stereocenters. The van der Waals surface area contributed by atoms with Crippen LogP contribution in [0, 0.1) is 0 Å². The third-order valence-electron chi connectivity index (χ3n) is 6.39. The fourth-order valence-corrected chi connectivity index (χ4v) is 4.65. The van der Waals surface area contributed by atoms with Gasteiger partial charge in [-0.05, 0) is 53.1 Å². The van der Waals surface area contributed by atoms with Gasteiger partial charge < -0.3 is 15.5 Å². The summed E-state index contributed by atoms with van der Waals surface area (Å²) in [5, 5.41) is 6.37. The molecule has 0 spiro atoms. The fourth-order valence-electron chi connectivity index (χ4n) is 4.45. The first-order valence-corrected chi connectivity index (χ1v) is 12.4. The molecule has 1 amide bonds. The number of pyridine rings is 1. The molecule has 0 radical (unpaired) electrons. The van der Waals surface area contributed by atoms with Crippen molar-refractivity contribution in [1.82, 2.24) is 10.3 Å². The minimum Gasteiger partial charge on any atom is -0.367 e. The molecule has 0 aliphatic carbocycles. The quantitative estimate of drug-likeness (QED) is 0.285. The fraction of sp³-hybridized carbons (Fsp3) is 0.172. The van der Waals surface area contributed by atoms with Gasteiger partial charge in [-0.15, -0.1) is 0 Å². The molecule has 0 saturated carbocycles. The normalized spacial score (nSPS) is 13.0. The number of alkyl halides is 3. The first kappa shape index (κ1) is 25.6. The highest BCUT2D eigenvalue weighted by Crippen LogP contribution is 2.37. The lowest BCUT2D eigenvalue weighted by Gasteiger charge is -2.32. The molecule has 0 saturated heterocycles. The van der Waals surface area contributed by atoms with Gasteiger partial charge in [0, 0.05) is 48.5 Å². The van der Waals surface area contributed by atoms with E-state index in [1.54, 1.807) is 18.3 Å². The number of benzene rings is 3. The van der Waals surface area contributed by atoms with Crippen LogP contribution in [0.1, 0.15) is 27.0 Å². The lowest BCUT2D eigenvalue weighted by molar-refractivity contribution is -0.138. The Kier molecular flexibility index (Phi) is 7.24. The summed E-state index contributed by atoms with van der Waals surface area (Å²) in [6.45, 7) is 1.52. The lowest BCUT2D eigenvalue weighted by Crippen LogP contribution is -2.34. The van der Waals surface area contributed by atoms with E-state index in [4.69, 9.17) is 11.6 Å². The number of fused-ring (bicyclic) bond motifs is 1. The number of hydrogen-bond acceptors (Lipinski definition) is 4. The summed E-state index contributed by atoms with van der Waals surface area (Å²) in [6.07, 6.45) is -2.77. The molecule has 5 nitrogen and oxygen atoms in total. The van der Waals surface area contributed by atoms with Crippen molar-refractivity contribution < 1.29 is 18.0 Å². The minimum atomic E-state index is -4.48. The Morgan fingerprint density at radius 2 is 1.76 bits per heavy atom. The van der Waals surface area contributed by atoms with Crippen molar-refractivity contribution in [2.24, 2.45) is 0 Å². The molecular weight excluding hydrogens is 513 g/mol. The van der Waals surface area contributed by atoms with Crippen LogP contribution in [0.2, 0.25) is 5.02 Å². The highest BCUT2D eigenvalue weighted by atomic mass is 35.5. The van der Waals surface area contributed by atoms with Crippen LogP contribution in [0.5, 0.6) is 0 Å². The van der Waals surface area contributed by atoms with Gasteiger partial charge in [0.15, 0.2) is 0 Å². The van der Waals surface area contributed by atoms with Gasteiger partial charge in [-0.1, -0.05) is 54.1 Å². The molecule has 5 rings (SSSR count). The van der Waals surface area contributed by atoms with Gasteiger partial charge in [-0.2, -0.15) is 13.2 Å². The van der Waals surface area contributed by atoms with Crippen molar-refractivity contribution >= 4 is 29.0 Å². The summed E-state index contributed by atoms with van der Waals surface area (Å²) >= 11 is 6.04. The molecule has 194 valence electrons. The summed E-state index contributed by atoms with van der Waals surface area (Å²) in [5.74, 6) is 0.425. The Hall–Kier alpha value is -4.04. The molecule has 1 aliphatic heterocycles. The lowest BCUT2D eigenvalue weighted by atomic mass is 10.0. The molecule has 3 aromatic carbocycles. The van der Waals surface area contributed by atoms with Crippen molar-refractivity contribution in [1.29, 1.82) is 0 Å². The average Bonchev–Trinajstić information content (AvgIpc) is 2.92. The number of rotatable bonds is 6. The first-order chi connectivity index (χ1) is 18.3. The number of carbonyl (C=O) groups is 1. The number of halogens is 4. The predicted octanol–water partition coefficient (Wildman–Crippen LogP) is 6.78. The standard InChI is InChI=1S/C29H24ClF3N4O/c30-24-10-11-25(29(31,32)33)23(14-24)18-37-13-12-34-27-26(37)15-22(17-35-27)20-6-8-21(9-7-20)28(38)36-16-19-4-2-1-3-5-19/h1-11,14-15,17H,12-13,16,18H2,(H,34,35)(H,36,38). The maximum atomic E-state index is 13.6. The number of hydrogen-bond donors (Lipinski definition) is 2. The smallest absolute Gasteiger partial charge is 0.367 e. The molecule has 0 fully saturated rings. The van der Waals surface area contributed by atoms with Crippen LogP contribution in [0.25, 0.3) is 11.1 Å². The van der Waals surface area contributed by atoms with Gasteiger partial charge in [-0.25, -0.2) is 4.98 Å². The zero-order valence-electron chi connectivity index (χ0n) is 20.2. The van der Waals surface area contributed by atoms with E-state index < -0.39 is 11.7 Å². The number of carbonyl (C=O) groups excluding carboxylic acids is 1. The van der Waals surface area contributed by atoms with E-state index in [9.17, 15) is 18.0 Å². The molecular formula is C29H24ClF3N4O. The number of anilines is 2. The van der Waals surface area contributed by atoms with E-state index in [0.717, 1.165) is 22.8 Å². The Morgan fingerprint density at radius 3 is 2.50 bits per heavy atom. The van der Waals surface area contributed by atoms with Crippen LogP contribution < -0.4 is 15.5 Å². The molecule has 4 aromatic rings. The zero-order valence-corrected chi connectivity index (χ0v) is 21.0. The predicted molar refractivity (Wildman–Crippen MR) is 143 cm³/mol. The van der Waals surface area contributed by atoms with Crippen LogP contribution in [0.4, 0.5) is 24.7 Å². The van der Waals surface area contributed by atoms with E-state index in [1.165, 1.54) is 12.1 Å². The van der Waals surface area contributed by atoms with Gasteiger partial charge >= 0.3 is 6.18 Å². The molecule has 0 bridgehead atoms. The Balaban J connectivity index is 1.35. The molecule has 1 aromatic heterocycles. The van der Waals surface area contributed by atoms with E-state index in [0.29, 0.717) is 36.7 Å². The molecule has 1 aliphatic rings. The number of amides is 1. The SMILES string of the molecule is O=C(NCc1ccccc1)c1ccc(-c2cnc3c(c2)N(Cc2cc(Cl)ccc2C(F)(F)F)CCN3)cc1. The largest absolute Gasteiger partial charge is 0.416 e. The van der Waals surface area contributed by atoms with E-state index in [-0.39, 0.29) is 23.0 Å². The number of nitrogens with zero attached hydrogens (tertiary/aromatic N) is 2. The average molecular weight is 537 g/mol. The van der Waals surface area contributed by atoms with Gasteiger partial charge in [0.05, 0.1) is 11.3 Å². The van der Waals surface area contributed by atoms with Gasteiger partial charge in [-0.3, -0.25) is 4.79 Å². The highest BCUT2D eigenvalue weighted by Gasteiger charge is 2.34. The second-order valence-electron chi connectivity index (χ2n) is 8.98. The summed E-state index contributed by atoms with van der Waals surface area (Å²) in [4.78, 5) is 19.0. The van der Waals surface area contributed by atoms with Crippen LogP contribution in [0.15, 0.2) is 85.1 Å². The van der Waals surface area contributed by atoms with Crippen molar-refractivity contribution in [2.45, 2.75) is 19.3 Å². The maximum Gasteiger partial charge on any atom is 0.416 e. The topological polar surface area (TPSA) is 57.3 Å². The Morgan fingerprint density at radius 1 is 1.00 bits per heavy atom. The van der Waals surface area contributed by atoms with Crippen molar-refractivity contribution in [3.63, 3.8) is 0 Å². The van der Waals surface area contributed by atoms with Gasteiger partial charge in [0.25, 0.3) is 5.91 Å². The summed E-state index contributed by atoms with van der Waals surface area (Å²) in [6, 6.07) is 22.3. The Bertz CT molecular complexity index is 1440. The highest BCUT2D eigenvalue weighted by molar-refractivity contribution is 6.30. The second-order valence-corrected chi connectivity index (χ2v) is 9.42. The van der Waals surface area contributed by atoms with E-state index in [2.05, 4.69) is 15.6 Å². The summed E-state index contributed by atoms with van der Waals surface area (Å²) in [7, 11) is 0. The van der Waals surface area contributed by atoms with E-state index in [1.807, 2.05) is 53.4 Å². The van der Waals surface area contributed by atoms with Crippen LogP contribution in [-0.2, 0) is 19.3 Å². The summed E-state index contributed by atoms with van der Waals surface area (Å²) < 4.78 is 40.9. The van der Waals surface area contributed by atoms with Crippen molar-refractivity contribution in [3.05, 3.63) is 112 Å². The number of nitrogens with one attached hydrogen (secondary N) is 2. The van der Waals surface area contributed by atoms with Crippen molar-refractivity contribution in [2.75, 3.05) is 23.3 Å². The molecule has 0 unspecified atom stereocenters. The molecule has 2 N–H and O–H groups in total. The van der Waals surface area contributed by atoms with E-state index >= 15 is 0 Å². The zero-order chi connectivity index (χ0) is 26.7. The van der Waals surface area contributed by atoms with Gasteiger partial charge in [0.1, 0.15) is 5.82 Å². The molecule has 2 heterocycles. The Labute approximate surface area is 223 Å². The maximum absolute atomic E-state index is 13.6. The monoisotopic (exact) mass is 536 g/mol. The third-order valence-corrected chi connectivity index (χ3v) is 6.63.